The molecule has 0 radical (unpaired) electrons. The number of fused-ring (bicyclic) bond motifs is 4. The smallest absolute Gasteiger partial charge is 0.246 e. The molecule has 4 aromatic rings. The first-order valence-electron chi connectivity index (χ1n) is 26.8. The first-order valence-corrected chi connectivity index (χ1v) is 26.8. The molecule has 5 heterocycles. The van der Waals surface area contributed by atoms with Crippen molar-refractivity contribution < 1.29 is 33.6 Å². The van der Waals surface area contributed by atoms with Gasteiger partial charge >= 0.3 is 0 Å². The maximum absolute atomic E-state index is 15.5. The van der Waals surface area contributed by atoms with E-state index in [2.05, 4.69) is 42.4 Å². The van der Waals surface area contributed by atoms with E-state index in [9.17, 15) is 19.2 Å². The van der Waals surface area contributed by atoms with Crippen LogP contribution >= 0.6 is 0 Å². The van der Waals surface area contributed by atoms with Gasteiger partial charge in [0.2, 0.25) is 41.4 Å². The number of allylic oxidation sites excluding steroid dienone is 1. The molecule has 0 spiro atoms. The number of likely N-dealkylation sites (N-methyl/N-ethyl adjacent to an activating group) is 2. The zero-order valence-corrected chi connectivity index (χ0v) is 45.3. The van der Waals surface area contributed by atoms with Crippen LogP contribution in [0.15, 0.2) is 85.9 Å². The van der Waals surface area contributed by atoms with Crippen LogP contribution in [0.1, 0.15) is 111 Å². The molecule has 2 bridgehead atoms. The quantitative estimate of drug-likeness (QED) is 0.127. The second-order valence-electron chi connectivity index (χ2n) is 22.4. The standard InChI is InChI=1S/C58H78N10O7/c1-11-58(7,8)68-34-40(42-22-14-15-23-47(42)68)30-46-56(74)66(10)49(27-35(2)3)53(71)63-45(32-41-31-43-39(33-60-41)21-18-25-59-43)51(69)61-37(6)55(73)65(9)48-24-13-12-16-26-67(57(48)75)50(28-36(4)5)54(72)62-44(52(70)64-46)29-38-19-17-20-38/h11-15,18,21-23,25,31,33-38,44-46,48-50H,1,16-17,19-20,24,26-30,32H2,2-10H3,(H,61,69)(H,62,72)(H,63,71)(H,64,70)/b13-12-/t37-,44-,45-,46-,48-,49-,50-/m0/s1. The van der Waals surface area contributed by atoms with Crippen LogP contribution in [0.4, 0.5) is 0 Å². The van der Waals surface area contributed by atoms with Gasteiger partial charge in [-0.1, -0.05) is 83.4 Å². The minimum absolute atomic E-state index is 0.0229. The first kappa shape index (κ1) is 55.8. The van der Waals surface area contributed by atoms with Crippen LogP contribution in [0.3, 0.4) is 0 Å². The number of nitrogens with one attached hydrogen (secondary N) is 4. The largest absolute Gasteiger partial charge is 0.343 e. The van der Waals surface area contributed by atoms with Crippen molar-refractivity contribution >= 4 is 63.2 Å². The van der Waals surface area contributed by atoms with Crippen LogP contribution in [0.2, 0.25) is 0 Å². The zero-order valence-electron chi connectivity index (χ0n) is 45.3. The van der Waals surface area contributed by atoms with Crippen molar-refractivity contribution in [3.8, 4) is 0 Å². The predicted molar refractivity (Wildman–Crippen MR) is 290 cm³/mol. The van der Waals surface area contributed by atoms with Crippen LogP contribution in [0.5, 0.6) is 0 Å². The van der Waals surface area contributed by atoms with Crippen LogP contribution < -0.4 is 21.3 Å². The lowest BCUT2D eigenvalue weighted by molar-refractivity contribution is -0.150. The highest BCUT2D eigenvalue weighted by Gasteiger charge is 2.42. The van der Waals surface area contributed by atoms with Crippen LogP contribution in [0.25, 0.3) is 21.8 Å². The lowest BCUT2D eigenvalue weighted by Crippen LogP contribution is -2.61. The Hall–Kier alpha value is -6.91. The summed E-state index contributed by atoms with van der Waals surface area (Å²) in [7, 11) is 3.04. The van der Waals surface area contributed by atoms with Gasteiger partial charge in [0, 0.05) is 74.1 Å². The summed E-state index contributed by atoms with van der Waals surface area (Å²) >= 11 is 0. The predicted octanol–water partition coefficient (Wildman–Crippen LogP) is 5.75. The van der Waals surface area contributed by atoms with Gasteiger partial charge in [-0.25, -0.2) is 0 Å². The Balaban J connectivity index is 1.35. The molecule has 17 nitrogen and oxygen atoms in total. The SMILES string of the molecule is C=CC(C)(C)n1cc(C[C@@H]2NC(=O)[C@H](CC3CCC3)NC(=O)[C@H](CC(C)C)N3CC/C=C\C[C@@H](C3=O)N(C)C(=O)[C@H](C)NC(=O)[C@H](Cc3cc4ncccc4cn3)NC(=O)[C@H](CC(C)C)N(C)C2=O)c2ccccc21. The number of amides is 7. The topological polar surface area (TPSA) is 208 Å². The third-order valence-corrected chi connectivity index (χ3v) is 15.3. The Bertz CT molecular complexity index is 2800. The number of nitrogens with zero attached hydrogens (tertiary/aromatic N) is 6. The Morgan fingerprint density at radius 3 is 2.11 bits per heavy atom. The number of hydrogen-bond acceptors (Lipinski definition) is 9. The molecule has 402 valence electrons. The van der Waals surface area contributed by atoms with Gasteiger partial charge in [0.1, 0.15) is 42.3 Å². The number of benzene rings is 1. The van der Waals surface area contributed by atoms with E-state index in [-0.39, 0.29) is 56.4 Å². The second kappa shape index (κ2) is 24.2. The molecular weight excluding hydrogens is 949 g/mol. The lowest BCUT2D eigenvalue weighted by Gasteiger charge is -2.39. The molecule has 7 rings (SSSR count). The molecule has 1 aromatic carbocycles. The molecule has 1 aliphatic carbocycles. The van der Waals surface area contributed by atoms with Gasteiger partial charge in [0.15, 0.2) is 0 Å². The van der Waals surface area contributed by atoms with Crippen molar-refractivity contribution in [1.82, 2.24) is 50.5 Å². The van der Waals surface area contributed by atoms with Crippen molar-refractivity contribution in [2.75, 3.05) is 20.6 Å². The molecule has 3 aromatic heterocycles. The Kier molecular flexibility index (Phi) is 18.0. The molecule has 75 heavy (non-hydrogen) atoms. The van der Waals surface area contributed by atoms with E-state index in [0.29, 0.717) is 24.1 Å². The third-order valence-electron chi connectivity index (χ3n) is 15.3. The van der Waals surface area contributed by atoms with Crippen molar-refractivity contribution in [2.24, 2.45) is 17.8 Å². The van der Waals surface area contributed by atoms with Crippen molar-refractivity contribution in [1.29, 1.82) is 0 Å². The molecule has 1 saturated heterocycles. The lowest BCUT2D eigenvalue weighted by atomic mass is 9.80. The summed E-state index contributed by atoms with van der Waals surface area (Å²) in [6, 6.07) is 5.25. The van der Waals surface area contributed by atoms with E-state index >= 15 is 14.4 Å². The fraction of sp³-hybridized carbons (Fsp3) is 0.534. The van der Waals surface area contributed by atoms with Gasteiger partial charge in [-0.3, -0.25) is 43.5 Å². The van der Waals surface area contributed by atoms with Crippen LogP contribution in [-0.2, 0) is 51.9 Å². The Morgan fingerprint density at radius 1 is 0.747 bits per heavy atom. The summed E-state index contributed by atoms with van der Waals surface area (Å²) in [6.07, 6.45) is 14.9. The first-order chi connectivity index (χ1) is 35.7. The summed E-state index contributed by atoms with van der Waals surface area (Å²) in [5.41, 5.74) is 2.20. The number of carbonyl (C=O) groups excluding carboxylic acids is 7. The molecule has 1 saturated carbocycles. The third kappa shape index (κ3) is 13.1. The van der Waals surface area contributed by atoms with E-state index in [1.807, 2.05) is 96.3 Å². The van der Waals surface area contributed by atoms with Gasteiger partial charge in [-0.15, -0.1) is 6.58 Å². The molecule has 3 aliphatic rings. The van der Waals surface area contributed by atoms with Gasteiger partial charge in [-0.2, -0.15) is 0 Å². The van der Waals surface area contributed by atoms with Gasteiger partial charge in [0.05, 0.1) is 11.1 Å². The fourth-order valence-corrected chi connectivity index (χ4v) is 10.6. The average Bonchev–Trinajstić information content (AvgIpc) is 3.74. The Labute approximate surface area is 441 Å². The summed E-state index contributed by atoms with van der Waals surface area (Å²) in [5.74, 6) is -3.99. The molecule has 7 amide bonds. The van der Waals surface area contributed by atoms with Gasteiger partial charge < -0.3 is 40.5 Å². The van der Waals surface area contributed by atoms with E-state index < -0.39 is 89.2 Å². The molecule has 17 heteroatoms. The number of rotatable bonds is 12. The van der Waals surface area contributed by atoms with Crippen LogP contribution in [-0.4, -0.2) is 134 Å². The maximum Gasteiger partial charge on any atom is 0.246 e. The molecule has 2 fully saturated rings. The van der Waals surface area contributed by atoms with E-state index in [4.69, 9.17) is 0 Å². The number of aromatic nitrogens is 3. The van der Waals surface area contributed by atoms with E-state index in [0.717, 1.165) is 41.1 Å². The minimum atomic E-state index is -1.29. The van der Waals surface area contributed by atoms with E-state index in [1.54, 1.807) is 24.5 Å². The fourth-order valence-electron chi connectivity index (χ4n) is 10.6. The zero-order chi connectivity index (χ0) is 54.3. The monoisotopic (exact) mass is 1030 g/mol. The van der Waals surface area contributed by atoms with Gasteiger partial charge in [-0.05, 0) is 100 Å². The normalized spacial score (nSPS) is 25.0. The molecule has 2 aliphatic heterocycles. The van der Waals surface area contributed by atoms with E-state index in [1.165, 1.54) is 35.7 Å². The van der Waals surface area contributed by atoms with Crippen LogP contribution in [0, 0.1) is 17.8 Å². The summed E-state index contributed by atoms with van der Waals surface area (Å²) in [5, 5.41) is 13.6. The molecular formula is C58H78N10O7. The van der Waals surface area contributed by atoms with Crippen molar-refractivity contribution in [3.05, 3.63) is 97.1 Å². The highest BCUT2D eigenvalue weighted by atomic mass is 16.2. The van der Waals surface area contributed by atoms with Crippen molar-refractivity contribution in [2.45, 2.75) is 161 Å². The summed E-state index contributed by atoms with van der Waals surface area (Å²) in [6.45, 7) is 17.6. The number of carbonyl (C=O) groups is 7. The Morgan fingerprint density at radius 2 is 1.41 bits per heavy atom. The van der Waals surface area contributed by atoms with Crippen molar-refractivity contribution in [3.63, 3.8) is 0 Å². The number of hydrogen-bond donors (Lipinski definition) is 4. The average molecular weight is 1030 g/mol. The molecule has 7 atom stereocenters. The number of pyridine rings is 2. The highest BCUT2D eigenvalue weighted by molar-refractivity contribution is 5.99. The molecule has 4 N–H and O–H groups in total. The summed E-state index contributed by atoms with van der Waals surface area (Å²) < 4.78 is 2.09. The minimum Gasteiger partial charge on any atom is -0.343 e. The summed E-state index contributed by atoms with van der Waals surface area (Å²) in [4.78, 5) is 118. The van der Waals surface area contributed by atoms with Gasteiger partial charge in [0.25, 0.3) is 0 Å². The molecule has 0 unspecified atom stereocenters. The number of para-hydroxylation sites is 1. The maximum atomic E-state index is 15.5. The highest BCUT2D eigenvalue weighted by Crippen LogP contribution is 2.32. The second-order valence-corrected chi connectivity index (χ2v) is 22.4.